The lowest BCUT2D eigenvalue weighted by molar-refractivity contribution is -0.447. The van der Waals surface area contributed by atoms with Gasteiger partial charge in [-0.25, -0.2) is 0 Å². The van der Waals surface area contributed by atoms with Gasteiger partial charge < -0.3 is 4.74 Å². The molecule has 0 aliphatic carbocycles. The summed E-state index contributed by atoms with van der Waals surface area (Å²) in [6.07, 6.45) is -21.4. The third kappa shape index (κ3) is 4.72. The van der Waals surface area contributed by atoms with Gasteiger partial charge in [-0.15, -0.1) is 0 Å². The third-order valence-electron chi connectivity index (χ3n) is 3.64. The smallest absolute Gasteiger partial charge is 0.432 e. The van der Waals surface area contributed by atoms with Crippen molar-refractivity contribution in [1.29, 1.82) is 0 Å². The summed E-state index contributed by atoms with van der Waals surface area (Å²) < 4.78 is 119. The number of carbonyl (C=O) groups is 1. The number of ether oxygens (including phenoxy) is 1. The van der Waals surface area contributed by atoms with Crippen LogP contribution >= 0.6 is 0 Å². The van der Waals surface area contributed by atoms with Gasteiger partial charge in [-0.2, -0.15) is 39.5 Å². The third-order valence-corrected chi connectivity index (χ3v) is 3.64. The van der Waals surface area contributed by atoms with E-state index in [1.807, 2.05) is 0 Å². The molecule has 0 aromatic rings. The number of hydrogen-bond donors (Lipinski definition) is 0. The number of alkyl halides is 9. The van der Waals surface area contributed by atoms with E-state index < -0.39 is 40.9 Å². The SMILES string of the molecule is CCC(C)(CC(C)(C)C)C(=O)OC(C(F)(F)F)(C(F)(F)F)C(F)(F)F. The summed E-state index contributed by atoms with van der Waals surface area (Å²) >= 11 is 0. The highest BCUT2D eigenvalue weighted by molar-refractivity contribution is 5.77. The predicted octanol–water partition coefficient (Wildman–Crippen LogP) is 5.81. The van der Waals surface area contributed by atoms with Crippen LogP contribution in [-0.2, 0) is 9.53 Å². The molecule has 0 N–H and O–H groups in total. The molecular weight excluding hydrogens is 371 g/mol. The summed E-state index contributed by atoms with van der Waals surface area (Å²) in [4.78, 5) is 12.0. The molecule has 0 bridgehead atoms. The van der Waals surface area contributed by atoms with Gasteiger partial charge >= 0.3 is 30.1 Å². The molecule has 0 radical (unpaired) electrons. The number of halogens is 9. The van der Waals surface area contributed by atoms with Crippen molar-refractivity contribution in [3.63, 3.8) is 0 Å². The molecule has 0 aromatic carbocycles. The van der Waals surface area contributed by atoms with Crippen LogP contribution in [0.25, 0.3) is 0 Å². The Morgan fingerprint density at radius 2 is 1.08 bits per heavy atom. The molecule has 25 heavy (non-hydrogen) atoms. The van der Waals surface area contributed by atoms with Crippen LogP contribution < -0.4 is 0 Å². The highest BCUT2D eigenvalue weighted by atomic mass is 19.4. The van der Waals surface area contributed by atoms with Crippen LogP contribution in [0.3, 0.4) is 0 Å². The minimum Gasteiger partial charge on any atom is -0.432 e. The van der Waals surface area contributed by atoms with Crippen molar-refractivity contribution in [2.45, 2.75) is 71.6 Å². The fourth-order valence-corrected chi connectivity index (χ4v) is 2.43. The Kier molecular flexibility index (Phi) is 6.23. The lowest BCUT2D eigenvalue weighted by Crippen LogP contribution is -2.69. The summed E-state index contributed by atoms with van der Waals surface area (Å²) in [5.74, 6) is -2.21. The Bertz CT molecular complexity index is 446. The van der Waals surface area contributed by atoms with Gasteiger partial charge in [0.2, 0.25) is 0 Å². The van der Waals surface area contributed by atoms with Gasteiger partial charge in [0.15, 0.2) is 0 Å². The lowest BCUT2D eigenvalue weighted by Gasteiger charge is -2.41. The molecule has 1 unspecified atom stereocenters. The van der Waals surface area contributed by atoms with Crippen LogP contribution in [0.2, 0.25) is 0 Å². The first kappa shape index (κ1) is 23.8. The minimum atomic E-state index is -6.93. The van der Waals surface area contributed by atoms with Crippen molar-refractivity contribution >= 4 is 5.97 Å². The molecule has 0 saturated carbocycles. The molecule has 150 valence electrons. The molecule has 11 heteroatoms. The Hall–Kier alpha value is -1.16. The fourth-order valence-electron chi connectivity index (χ4n) is 2.43. The average Bonchev–Trinajstić information content (AvgIpc) is 2.28. The second-order valence-electron chi connectivity index (χ2n) is 7.22. The van der Waals surface area contributed by atoms with Crippen molar-refractivity contribution in [2.24, 2.45) is 10.8 Å². The number of carbonyl (C=O) groups excluding carboxylic acids is 1. The zero-order valence-electron chi connectivity index (χ0n) is 14.1. The van der Waals surface area contributed by atoms with Gasteiger partial charge in [0.05, 0.1) is 5.41 Å². The van der Waals surface area contributed by atoms with Crippen molar-refractivity contribution < 1.29 is 49.0 Å². The maximum absolute atomic E-state index is 12.8. The molecule has 0 rings (SSSR count). The molecule has 0 aliphatic rings. The molecule has 0 aliphatic heterocycles. The van der Waals surface area contributed by atoms with Gasteiger partial charge in [-0.05, 0) is 25.2 Å². The average molecular weight is 390 g/mol. The van der Waals surface area contributed by atoms with Crippen molar-refractivity contribution in [3.05, 3.63) is 0 Å². The maximum atomic E-state index is 12.8. The predicted molar refractivity (Wildman–Crippen MR) is 69.5 cm³/mol. The molecular formula is C14H19F9O2. The molecule has 2 nitrogen and oxygen atoms in total. The second-order valence-corrected chi connectivity index (χ2v) is 7.22. The first-order valence-corrected chi connectivity index (χ1v) is 7.08. The summed E-state index contributed by atoms with van der Waals surface area (Å²) in [7, 11) is 0. The minimum absolute atomic E-state index is 0.279. The normalized spacial score (nSPS) is 17.2. The van der Waals surface area contributed by atoms with Crippen LogP contribution in [-0.4, -0.2) is 30.1 Å². The van der Waals surface area contributed by atoms with E-state index in [-0.39, 0.29) is 12.8 Å². The summed E-state index contributed by atoms with van der Waals surface area (Å²) in [6.45, 7) is 6.80. The largest absolute Gasteiger partial charge is 0.447 e. The van der Waals surface area contributed by atoms with Crippen molar-refractivity contribution in [3.8, 4) is 0 Å². The topological polar surface area (TPSA) is 26.3 Å². The Morgan fingerprint density at radius 1 is 0.760 bits per heavy atom. The van der Waals surface area contributed by atoms with Gasteiger partial charge in [-0.1, -0.05) is 27.7 Å². The second kappa shape index (κ2) is 6.53. The van der Waals surface area contributed by atoms with E-state index >= 15 is 0 Å². The zero-order chi connectivity index (χ0) is 20.7. The van der Waals surface area contributed by atoms with Gasteiger partial charge in [0.25, 0.3) is 0 Å². The highest BCUT2D eigenvalue weighted by Gasteiger charge is 2.87. The number of esters is 1. The molecule has 0 amide bonds. The van der Waals surface area contributed by atoms with Crippen molar-refractivity contribution in [2.75, 3.05) is 0 Å². The summed E-state index contributed by atoms with van der Waals surface area (Å²) in [6, 6.07) is 0. The number of hydrogen-bond acceptors (Lipinski definition) is 2. The first-order valence-electron chi connectivity index (χ1n) is 7.08. The summed E-state index contributed by atoms with van der Waals surface area (Å²) in [5.41, 5.74) is -9.31. The Balaban J connectivity index is 6.27. The van der Waals surface area contributed by atoms with Crippen LogP contribution in [0.1, 0.15) is 47.5 Å². The molecule has 0 spiro atoms. The van der Waals surface area contributed by atoms with Crippen LogP contribution in [0.5, 0.6) is 0 Å². The molecule has 0 aromatic heterocycles. The lowest BCUT2D eigenvalue weighted by atomic mass is 9.73. The van der Waals surface area contributed by atoms with E-state index in [2.05, 4.69) is 4.74 Å². The molecule has 0 saturated heterocycles. The van der Waals surface area contributed by atoms with E-state index in [4.69, 9.17) is 0 Å². The quantitative estimate of drug-likeness (QED) is 0.448. The van der Waals surface area contributed by atoms with Crippen LogP contribution in [0.4, 0.5) is 39.5 Å². The number of rotatable bonds is 4. The molecule has 1 atom stereocenters. The zero-order valence-corrected chi connectivity index (χ0v) is 14.1. The van der Waals surface area contributed by atoms with E-state index in [0.717, 1.165) is 6.92 Å². The van der Waals surface area contributed by atoms with E-state index in [1.54, 1.807) is 0 Å². The first-order chi connectivity index (χ1) is 10.6. The fraction of sp³-hybridized carbons (Fsp3) is 0.929. The van der Waals surface area contributed by atoms with Crippen LogP contribution in [0.15, 0.2) is 0 Å². The van der Waals surface area contributed by atoms with Gasteiger partial charge in [0.1, 0.15) is 0 Å². The monoisotopic (exact) mass is 390 g/mol. The van der Waals surface area contributed by atoms with Gasteiger partial charge in [0, 0.05) is 0 Å². The van der Waals surface area contributed by atoms with Crippen molar-refractivity contribution in [1.82, 2.24) is 0 Å². The Labute approximate surface area is 138 Å². The van der Waals surface area contributed by atoms with E-state index in [9.17, 15) is 44.3 Å². The standard InChI is InChI=1S/C14H19F9O2/c1-6-10(5,7-9(2,3)4)8(24)25-11(12(15,16)17,13(18,19)20)14(21,22)23/h6-7H2,1-5H3. The maximum Gasteiger partial charge on any atom is 0.447 e. The van der Waals surface area contributed by atoms with E-state index in [0.29, 0.717) is 0 Å². The van der Waals surface area contributed by atoms with Crippen LogP contribution in [0, 0.1) is 10.8 Å². The highest BCUT2D eigenvalue weighted by Crippen LogP contribution is 2.56. The van der Waals surface area contributed by atoms with Gasteiger partial charge in [-0.3, -0.25) is 4.79 Å². The van der Waals surface area contributed by atoms with E-state index in [1.165, 1.54) is 27.7 Å². The Morgan fingerprint density at radius 3 is 1.28 bits per heavy atom. The molecule has 0 heterocycles. The summed E-state index contributed by atoms with van der Waals surface area (Å²) in [5, 5.41) is 0. The molecule has 0 fully saturated rings.